The molecule has 0 aliphatic rings. The minimum absolute atomic E-state index is 0.583. The number of hydrogen-bond donors (Lipinski definition) is 0. The van der Waals surface area contributed by atoms with Crippen molar-refractivity contribution in [3.05, 3.63) is 18.0 Å². The predicted octanol–water partition coefficient (Wildman–Crippen LogP) is 1.40. The van der Waals surface area contributed by atoms with Gasteiger partial charge in [-0.2, -0.15) is 5.10 Å². The molecule has 2 nitrogen and oxygen atoms in total. The van der Waals surface area contributed by atoms with Crippen LogP contribution in [0.5, 0.6) is 0 Å². The summed E-state index contributed by atoms with van der Waals surface area (Å²) < 4.78 is 1.73. The molecule has 3 heteroatoms. The summed E-state index contributed by atoms with van der Waals surface area (Å²) in [6.45, 7) is 0. The summed E-state index contributed by atoms with van der Waals surface area (Å²) in [4.78, 5) is 0. The highest BCUT2D eigenvalue weighted by molar-refractivity contribution is 6.18. The van der Waals surface area contributed by atoms with E-state index in [1.165, 1.54) is 0 Å². The van der Waals surface area contributed by atoms with Crippen LogP contribution < -0.4 is 0 Å². The number of nitrogens with zero attached hydrogens (tertiary/aromatic N) is 2. The van der Waals surface area contributed by atoms with E-state index in [2.05, 4.69) is 16.9 Å². The first-order valence-corrected chi connectivity index (χ1v) is 3.91. The highest BCUT2D eigenvalue weighted by atomic mass is 35.5. The average molecular weight is 169 g/mol. The Kier molecular flexibility index (Phi) is 3.00. The van der Waals surface area contributed by atoms with Crippen molar-refractivity contribution in [2.45, 2.75) is 6.42 Å². The minimum Gasteiger partial charge on any atom is -0.275 e. The summed E-state index contributed by atoms with van der Waals surface area (Å²) in [6.07, 6.45) is 2.59. The molecule has 11 heavy (non-hydrogen) atoms. The van der Waals surface area contributed by atoms with Crippen LogP contribution in [0.1, 0.15) is 12.1 Å². The molecule has 0 N–H and O–H groups in total. The third-order valence-electron chi connectivity index (χ3n) is 1.15. The van der Waals surface area contributed by atoms with Gasteiger partial charge in [0.1, 0.15) is 5.69 Å². The molecule has 1 rings (SSSR count). The van der Waals surface area contributed by atoms with Gasteiger partial charge in [-0.05, 0) is 12.0 Å². The number of aryl methyl sites for hydroxylation is 1. The van der Waals surface area contributed by atoms with E-state index in [1.54, 1.807) is 4.68 Å². The maximum atomic E-state index is 5.44. The van der Waals surface area contributed by atoms with Gasteiger partial charge < -0.3 is 0 Å². The third kappa shape index (κ3) is 2.65. The zero-order valence-electron chi connectivity index (χ0n) is 6.34. The van der Waals surface area contributed by atoms with Crippen molar-refractivity contribution in [2.24, 2.45) is 7.05 Å². The second-order valence-electron chi connectivity index (χ2n) is 2.12. The van der Waals surface area contributed by atoms with Gasteiger partial charge in [0.05, 0.1) is 0 Å². The van der Waals surface area contributed by atoms with Crippen molar-refractivity contribution in [3.8, 4) is 11.8 Å². The molecule has 0 unspecified atom stereocenters. The summed E-state index contributed by atoms with van der Waals surface area (Å²) in [5.74, 6) is 6.39. The van der Waals surface area contributed by atoms with Crippen molar-refractivity contribution in [1.29, 1.82) is 0 Å². The molecule has 0 amide bonds. The second-order valence-corrected chi connectivity index (χ2v) is 2.49. The fourth-order valence-electron chi connectivity index (χ4n) is 0.682. The van der Waals surface area contributed by atoms with Crippen LogP contribution in [0.3, 0.4) is 0 Å². The van der Waals surface area contributed by atoms with E-state index < -0.39 is 0 Å². The van der Waals surface area contributed by atoms with Crippen molar-refractivity contribution in [2.75, 3.05) is 5.88 Å². The van der Waals surface area contributed by atoms with Gasteiger partial charge >= 0.3 is 0 Å². The van der Waals surface area contributed by atoms with Crippen molar-refractivity contribution in [1.82, 2.24) is 9.78 Å². The normalized spacial score (nSPS) is 8.91. The van der Waals surface area contributed by atoms with Crippen molar-refractivity contribution < 1.29 is 0 Å². The van der Waals surface area contributed by atoms with E-state index in [0.717, 1.165) is 12.1 Å². The Bertz CT molecular complexity index is 280. The highest BCUT2D eigenvalue weighted by Crippen LogP contribution is 1.90. The van der Waals surface area contributed by atoms with Gasteiger partial charge in [-0.15, -0.1) is 11.6 Å². The van der Waals surface area contributed by atoms with E-state index in [-0.39, 0.29) is 0 Å². The molecular formula is C8H9ClN2. The molecule has 58 valence electrons. The van der Waals surface area contributed by atoms with E-state index in [0.29, 0.717) is 5.88 Å². The molecule has 0 saturated carbocycles. The Morgan fingerprint density at radius 3 is 3.09 bits per heavy atom. The van der Waals surface area contributed by atoms with Gasteiger partial charge in [0.15, 0.2) is 0 Å². The Labute approximate surface area is 71.2 Å². The first-order chi connectivity index (χ1) is 5.33. The Hall–Kier alpha value is -0.940. The monoisotopic (exact) mass is 168 g/mol. The molecule has 0 aliphatic carbocycles. The lowest BCUT2D eigenvalue weighted by Crippen LogP contribution is -1.87. The van der Waals surface area contributed by atoms with E-state index >= 15 is 0 Å². The molecule has 0 atom stereocenters. The molecule has 1 heterocycles. The molecule has 0 aromatic carbocycles. The molecule has 0 fully saturated rings. The SMILES string of the molecule is Cn1ccc(C#CCCCl)n1. The summed E-state index contributed by atoms with van der Waals surface area (Å²) in [5.41, 5.74) is 0.803. The topological polar surface area (TPSA) is 17.8 Å². The maximum absolute atomic E-state index is 5.44. The maximum Gasteiger partial charge on any atom is 0.135 e. The van der Waals surface area contributed by atoms with Gasteiger partial charge in [-0.1, -0.05) is 5.92 Å². The van der Waals surface area contributed by atoms with Gasteiger partial charge in [0, 0.05) is 25.5 Å². The summed E-state index contributed by atoms with van der Waals surface area (Å²) in [5, 5.41) is 4.08. The zero-order chi connectivity index (χ0) is 8.10. The van der Waals surface area contributed by atoms with Crippen LogP contribution >= 0.6 is 11.6 Å². The fourth-order valence-corrected chi connectivity index (χ4v) is 0.777. The quantitative estimate of drug-likeness (QED) is 0.458. The molecule has 0 saturated heterocycles. The number of hydrogen-bond acceptors (Lipinski definition) is 1. The van der Waals surface area contributed by atoms with Crippen LogP contribution in [0.25, 0.3) is 0 Å². The molecular weight excluding hydrogens is 160 g/mol. The minimum atomic E-state index is 0.583. The van der Waals surface area contributed by atoms with Crippen LogP contribution in [0.2, 0.25) is 0 Å². The molecule has 1 aromatic rings. The van der Waals surface area contributed by atoms with E-state index in [1.807, 2.05) is 19.3 Å². The number of halogens is 1. The third-order valence-corrected chi connectivity index (χ3v) is 1.34. The largest absolute Gasteiger partial charge is 0.275 e. The second kappa shape index (κ2) is 4.05. The lowest BCUT2D eigenvalue weighted by Gasteiger charge is -1.81. The van der Waals surface area contributed by atoms with Crippen LogP contribution in [0.15, 0.2) is 12.3 Å². The van der Waals surface area contributed by atoms with Gasteiger partial charge in [0.2, 0.25) is 0 Å². The van der Waals surface area contributed by atoms with Crippen LogP contribution in [0.4, 0.5) is 0 Å². The predicted molar refractivity (Wildman–Crippen MR) is 45.4 cm³/mol. The Morgan fingerprint density at radius 2 is 2.55 bits per heavy atom. The van der Waals surface area contributed by atoms with Crippen molar-refractivity contribution in [3.63, 3.8) is 0 Å². The lowest BCUT2D eigenvalue weighted by molar-refractivity contribution is 0.764. The van der Waals surface area contributed by atoms with E-state index in [9.17, 15) is 0 Å². The standard InChI is InChI=1S/C8H9ClN2/c1-11-7-5-8(10-11)4-2-3-6-9/h5,7H,3,6H2,1H3. The van der Waals surface area contributed by atoms with Crippen LogP contribution in [-0.2, 0) is 7.05 Å². The number of aromatic nitrogens is 2. The summed E-state index contributed by atoms with van der Waals surface area (Å²) in [7, 11) is 1.87. The average Bonchev–Trinajstić information content (AvgIpc) is 2.37. The first-order valence-electron chi connectivity index (χ1n) is 3.37. The van der Waals surface area contributed by atoms with Gasteiger partial charge in [0.25, 0.3) is 0 Å². The van der Waals surface area contributed by atoms with Crippen LogP contribution in [-0.4, -0.2) is 15.7 Å². The van der Waals surface area contributed by atoms with Gasteiger partial charge in [-0.3, -0.25) is 4.68 Å². The number of rotatable bonds is 1. The zero-order valence-corrected chi connectivity index (χ0v) is 7.10. The first kappa shape index (κ1) is 8.16. The van der Waals surface area contributed by atoms with Gasteiger partial charge in [-0.25, -0.2) is 0 Å². The van der Waals surface area contributed by atoms with E-state index in [4.69, 9.17) is 11.6 Å². The summed E-state index contributed by atoms with van der Waals surface area (Å²) >= 11 is 5.44. The summed E-state index contributed by atoms with van der Waals surface area (Å²) in [6, 6.07) is 1.88. The fraction of sp³-hybridized carbons (Fsp3) is 0.375. The lowest BCUT2D eigenvalue weighted by atomic mass is 10.4. The number of alkyl halides is 1. The molecule has 0 aliphatic heterocycles. The molecule has 0 radical (unpaired) electrons. The molecule has 1 aromatic heterocycles. The molecule has 0 bridgehead atoms. The smallest absolute Gasteiger partial charge is 0.135 e. The highest BCUT2D eigenvalue weighted by Gasteiger charge is 1.87. The Morgan fingerprint density at radius 1 is 1.73 bits per heavy atom. The molecule has 0 spiro atoms. The Balaban J connectivity index is 2.59. The van der Waals surface area contributed by atoms with Crippen molar-refractivity contribution >= 4 is 11.6 Å². The van der Waals surface area contributed by atoms with Crippen LogP contribution in [0, 0.1) is 11.8 Å².